The molecule has 0 saturated carbocycles. The van der Waals surface area contributed by atoms with Gasteiger partial charge in [-0.3, -0.25) is 4.79 Å². The fraction of sp³-hybridized carbons (Fsp3) is 0.176. The average Bonchev–Trinajstić information content (AvgIpc) is 2.93. The number of amides is 1. The van der Waals surface area contributed by atoms with Crippen LogP contribution in [0.25, 0.3) is 21.2 Å². The lowest BCUT2D eigenvalue weighted by Crippen LogP contribution is -2.14. The number of nitrogens with zero attached hydrogens (tertiary/aromatic N) is 1. The highest BCUT2D eigenvalue weighted by molar-refractivity contribution is 7.18. The Bertz CT molecular complexity index is 827. The Balaban J connectivity index is 2.18. The van der Waals surface area contributed by atoms with E-state index in [0.717, 1.165) is 26.8 Å². The normalized spacial score (nSPS) is 12.4. The average molecular weight is 311 g/mol. The molecule has 0 aliphatic rings. The Morgan fingerprint density at radius 2 is 2.05 bits per heavy atom. The highest BCUT2D eigenvalue weighted by atomic mass is 32.1. The van der Waals surface area contributed by atoms with Crippen LogP contribution in [0.5, 0.6) is 0 Å². The number of hydrogen-bond acceptors (Lipinski definition) is 4. The topological polar surface area (TPSA) is 82.0 Å². The highest BCUT2D eigenvalue weighted by Gasteiger charge is 2.18. The fourth-order valence-corrected chi connectivity index (χ4v) is 3.89. The first kappa shape index (κ1) is 14.5. The minimum atomic E-state index is -0.308. The summed E-state index contributed by atoms with van der Waals surface area (Å²) in [6.07, 6.45) is 2.07. The molecular formula is C17H17N3OS. The Morgan fingerprint density at radius 1 is 1.32 bits per heavy atom. The summed E-state index contributed by atoms with van der Waals surface area (Å²) >= 11 is 1.63. The van der Waals surface area contributed by atoms with Crippen LogP contribution in [-0.4, -0.2) is 10.9 Å². The number of nitrogens with two attached hydrogens (primary N) is 2. The van der Waals surface area contributed by atoms with Gasteiger partial charge < -0.3 is 11.5 Å². The van der Waals surface area contributed by atoms with E-state index in [2.05, 4.69) is 22.5 Å². The van der Waals surface area contributed by atoms with E-state index in [9.17, 15) is 4.79 Å². The molecular weight excluding hydrogens is 294 g/mol. The van der Waals surface area contributed by atoms with Crippen molar-refractivity contribution in [1.29, 1.82) is 0 Å². The molecule has 5 heteroatoms. The second-order valence-corrected chi connectivity index (χ2v) is 6.27. The molecule has 2 aromatic heterocycles. The summed E-state index contributed by atoms with van der Waals surface area (Å²) in [5.41, 5.74) is 14.7. The van der Waals surface area contributed by atoms with Crippen LogP contribution in [0, 0.1) is 0 Å². The van der Waals surface area contributed by atoms with Gasteiger partial charge in [-0.15, -0.1) is 11.3 Å². The molecule has 1 aromatic carbocycles. The van der Waals surface area contributed by atoms with Crippen molar-refractivity contribution in [2.75, 3.05) is 5.73 Å². The largest absolute Gasteiger partial charge is 0.383 e. The lowest BCUT2D eigenvalue weighted by atomic mass is 9.96. The number of hydrogen-bond donors (Lipinski definition) is 2. The van der Waals surface area contributed by atoms with Crippen LogP contribution in [0.15, 0.2) is 41.9 Å². The first-order valence-electron chi connectivity index (χ1n) is 7.07. The third-order valence-corrected chi connectivity index (χ3v) is 4.80. The van der Waals surface area contributed by atoms with Gasteiger partial charge in [-0.2, -0.15) is 0 Å². The smallest absolute Gasteiger partial charge is 0.218 e. The fourth-order valence-electron chi connectivity index (χ4n) is 2.68. The lowest BCUT2D eigenvalue weighted by molar-refractivity contribution is -0.118. The summed E-state index contributed by atoms with van der Waals surface area (Å²) in [6.45, 7) is 1.99. The van der Waals surface area contributed by atoms with Crippen molar-refractivity contribution in [2.45, 2.75) is 19.3 Å². The molecule has 1 amide bonds. The van der Waals surface area contributed by atoms with Gasteiger partial charge in [0.25, 0.3) is 0 Å². The standard InChI is InChI=1S/C17H17N3OS/c1-10(7-14(18)21)12-8-20-17(19)15-13(9-22-16(12)15)11-5-3-2-4-6-11/h2-6,8-10H,7H2,1H3,(H2,18,21)(H2,19,20). The molecule has 0 aliphatic heterocycles. The number of rotatable bonds is 4. The number of thiophene rings is 1. The van der Waals surface area contributed by atoms with Crippen LogP contribution in [0.1, 0.15) is 24.8 Å². The number of benzene rings is 1. The molecule has 0 radical (unpaired) electrons. The first-order chi connectivity index (χ1) is 10.6. The molecule has 0 fully saturated rings. The Kier molecular flexibility index (Phi) is 3.81. The third kappa shape index (κ3) is 2.55. The van der Waals surface area contributed by atoms with Crippen molar-refractivity contribution in [3.63, 3.8) is 0 Å². The SMILES string of the molecule is CC(CC(N)=O)c1cnc(N)c2c(-c3ccccc3)csc12. The summed E-state index contributed by atoms with van der Waals surface area (Å²) in [5.74, 6) is 0.234. The van der Waals surface area contributed by atoms with E-state index in [0.29, 0.717) is 12.2 Å². The van der Waals surface area contributed by atoms with E-state index in [-0.39, 0.29) is 11.8 Å². The van der Waals surface area contributed by atoms with Gasteiger partial charge in [0, 0.05) is 28.3 Å². The first-order valence-corrected chi connectivity index (χ1v) is 7.95. The molecule has 0 bridgehead atoms. The van der Waals surface area contributed by atoms with Crippen molar-refractivity contribution < 1.29 is 4.79 Å². The molecule has 1 atom stereocenters. The number of carbonyl (C=O) groups is 1. The summed E-state index contributed by atoms with van der Waals surface area (Å²) in [5, 5.41) is 3.06. The summed E-state index contributed by atoms with van der Waals surface area (Å²) in [4.78, 5) is 15.5. The molecule has 112 valence electrons. The van der Waals surface area contributed by atoms with Gasteiger partial charge in [-0.05, 0) is 22.4 Å². The Morgan fingerprint density at radius 3 is 2.73 bits per heavy atom. The highest BCUT2D eigenvalue weighted by Crippen LogP contribution is 2.40. The van der Waals surface area contributed by atoms with Gasteiger partial charge in [-0.25, -0.2) is 4.98 Å². The molecule has 0 saturated heterocycles. The third-order valence-electron chi connectivity index (χ3n) is 3.78. The number of aromatic nitrogens is 1. The summed E-state index contributed by atoms with van der Waals surface area (Å²) in [6, 6.07) is 10.1. The maximum Gasteiger partial charge on any atom is 0.218 e. The predicted molar refractivity (Wildman–Crippen MR) is 91.7 cm³/mol. The van der Waals surface area contributed by atoms with Crippen LogP contribution in [-0.2, 0) is 4.79 Å². The van der Waals surface area contributed by atoms with E-state index in [4.69, 9.17) is 11.5 Å². The lowest BCUT2D eigenvalue weighted by Gasteiger charge is -2.12. The van der Waals surface area contributed by atoms with Gasteiger partial charge in [0.1, 0.15) is 5.82 Å². The molecule has 3 aromatic rings. The second-order valence-electron chi connectivity index (χ2n) is 5.39. The monoisotopic (exact) mass is 311 g/mol. The molecule has 4 nitrogen and oxygen atoms in total. The van der Waals surface area contributed by atoms with E-state index in [1.807, 2.05) is 25.1 Å². The number of carbonyl (C=O) groups excluding carboxylic acids is 1. The quantitative estimate of drug-likeness (QED) is 0.773. The van der Waals surface area contributed by atoms with Crippen LogP contribution < -0.4 is 11.5 Å². The Labute approximate surface area is 132 Å². The maximum absolute atomic E-state index is 11.2. The van der Waals surface area contributed by atoms with Crippen molar-refractivity contribution in [3.05, 3.63) is 47.5 Å². The zero-order chi connectivity index (χ0) is 15.7. The number of fused-ring (bicyclic) bond motifs is 1. The number of nitrogen functional groups attached to an aromatic ring is 1. The molecule has 2 heterocycles. The van der Waals surface area contributed by atoms with Crippen LogP contribution in [0.4, 0.5) is 5.82 Å². The minimum absolute atomic E-state index is 0.0235. The van der Waals surface area contributed by atoms with Gasteiger partial charge in [0.2, 0.25) is 5.91 Å². The zero-order valence-electron chi connectivity index (χ0n) is 12.2. The van der Waals surface area contributed by atoms with Gasteiger partial charge in [-0.1, -0.05) is 37.3 Å². The predicted octanol–water partition coefficient (Wildman–Crippen LogP) is 3.52. The minimum Gasteiger partial charge on any atom is -0.383 e. The second kappa shape index (κ2) is 5.77. The van der Waals surface area contributed by atoms with Crippen molar-refractivity contribution >= 4 is 33.1 Å². The van der Waals surface area contributed by atoms with E-state index >= 15 is 0 Å². The van der Waals surface area contributed by atoms with Crippen LogP contribution in [0.2, 0.25) is 0 Å². The van der Waals surface area contributed by atoms with Crippen molar-refractivity contribution in [3.8, 4) is 11.1 Å². The van der Waals surface area contributed by atoms with Crippen molar-refractivity contribution in [2.24, 2.45) is 5.73 Å². The van der Waals surface area contributed by atoms with Crippen LogP contribution in [0.3, 0.4) is 0 Å². The molecule has 0 aliphatic carbocycles. The zero-order valence-corrected chi connectivity index (χ0v) is 13.1. The van der Waals surface area contributed by atoms with Gasteiger partial charge in [0.15, 0.2) is 0 Å². The summed E-state index contributed by atoms with van der Waals surface area (Å²) < 4.78 is 1.08. The molecule has 22 heavy (non-hydrogen) atoms. The number of pyridine rings is 1. The number of primary amides is 1. The van der Waals surface area contributed by atoms with Gasteiger partial charge in [0.05, 0.1) is 0 Å². The summed E-state index contributed by atoms with van der Waals surface area (Å²) in [7, 11) is 0. The molecule has 4 N–H and O–H groups in total. The van der Waals surface area contributed by atoms with Crippen molar-refractivity contribution in [1.82, 2.24) is 4.98 Å². The van der Waals surface area contributed by atoms with Crippen LogP contribution >= 0.6 is 11.3 Å². The van der Waals surface area contributed by atoms with Gasteiger partial charge >= 0.3 is 0 Å². The molecule has 3 rings (SSSR count). The van der Waals surface area contributed by atoms with E-state index in [1.165, 1.54) is 0 Å². The Hall–Kier alpha value is -2.40. The molecule has 1 unspecified atom stereocenters. The maximum atomic E-state index is 11.2. The number of anilines is 1. The van der Waals surface area contributed by atoms with E-state index < -0.39 is 0 Å². The van der Waals surface area contributed by atoms with E-state index in [1.54, 1.807) is 17.5 Å². The molecule has 0 spiro atoms.